The van der Waals surface area contributed by atoms with E-state index in [1.165, 1.54) is 14.2 Å². The molecule has 5 heteroatoms. The van der Waals surface area contributed by atoms with E-state index in [9.17, 15) is 4.79 Å². The van der Waals surface area contributed by atoms with Gasteiger partial charge in [-0.2, -0.15) is 0 Å². The molecule has 0 unspecified atom stereocenters. The number of halogens is 1. The number of oxime groups is 1. The molecule has 0 aromatic heterocycles. The Morgan fingerprint density at radius 3 is 2.33 bits per heavy atom. The molecule has 0 N–H and O–H groups in total. The molecule has 0 aliphatic heterocycles. The first kappa shape index (κ1) is 11.5. The molecule has 1 aromatic carbocycles. The first-order valence-electron chi connectivity index (χ1n) is 4.15. The Hall–Kier alpha value is -1.55. The fraction of sp³-hybridized carbons (Fsp3) is 0.200. The molecular weight excluding hydrogens is 218 g/mol. The van der Waals surface area contributed by atoms with Crippen LogP contribution in [0.25, 0.3) is 0 Å². The molecule has 0 fully saturated rings. The molecule has 0 amide bonds. The Balaban J connectivity index is 3.23. The monoisotopic (exact) mass is 227 g/mol. The highest BCUT2D eigenvalue weighted by Gasteiger charge is 2.14. The summed E-state index contributed by atoms with van der Waals surface area (Å²) in [5.41, 5.74) is 0.832. The van der Waals surface area contributed by atoms with Crippen LogP contribution < -0.4 is 0 Å². The normalized spacial score (nSPS) is 11.0. The van der Waals surface area contributed by atoms with Gasteiger partial charge < -0.3 is 9.57 Å². The molecule has 0 aliphatic carbocycles. The maximum atomic E-state index is 11.1. The van der Waals surface area contributed by atoms with E-state index in [4.69, 9.17) is 16.3 Å². The van der Waals surface area contributed by atoms with Crippen LogP contribution in [0.5, 0.6) is 0 Å². The molecule has 15 heavy (non-hydrogen) atoms. The highest BCUT2D eigenvalue weighted by Crippen LogP contribution is 2.13. The second-order valence-corrected chi connectivity index (χ2v) is 2.95. The number of hydrogen-bond donors (Lipinski definition) is 0. The second kappa shape index (κ2) is 5.36. The van der Waals surface area contributed by atoms with Gasteiger partial charge in [0.05, 0.1) is 12.7 Å². The molecule has 1 rings (SSSR count). The topological polar surface area (TPSA) is 47.9 Å². The van der Waals surface area contributed by atoms with Gasteiger partial charge in [0.1, 0.15) is 7.11 Å². The van der Waals surface area contributed by atoms with Gasteiger partial charge >= 0.3 is 0 Å². The molecule has 0 saturated carbocycles. The molecule has 0 aliphatic rings. The predicted octanol–water partition coefficient (Wildman–Crippen LogP) is 2.02. The lowest BCUT2D eigenvalue weighted by Crippen LogP contribution is -2.09. The Kier molecular flexibility index (Phi) is 4.12. The fourth-order valence-electron chi connectivity index (χ4n) is 1.12. The lowest BCUT2D eigenvalue weighted by molar-refractivity contribution is 0.108. The molecule has 0 bridgehead atoms. The fourth-order valence-corrected chi connectivity index (χ4v) is 1.29. The third-order valence-corrected chi connectivity index (χ3v) is 1.94. The van der Waals surface area contributed by atoms with Crippen LogP contribution in [0.4, 0.5) is 0 Å². The van der Waals surface area contributed by atoms with Crippen molar-refractivity contribution in [2.24, 2.45) is 5.16 Å². The van der Waals surface area contributed by atoms with Crippen molar-refractivity contribution >= 4 is 22.7 Å². The summed E-state index contributed by atoms with van der Waals surface area (Å²) in [5, 5.41) is 3.08. The Morgan fingerprint density at radius 2 is 1.87 bits per heavy atom. The van der Waals surface area contributed by atoms with Gasteiger partial charge in [-0.1, -0.05) is 12.1 Å². The molecule has 0 spiro atoms. The van der Waals surface area contributed by atoms with Crippen molar-refractivity contribution in [2.45, 2.75) is 0 Å². The number of carbonyl (C=O) groups is 1. The molecule has 0 heterocycles. The van der Waals surface area contributed by atoms with Gasteiger partial charge in [-0.3, -0.25) is 4.79 Å². The van der Waals surface area contributed by atoms with Crippen LogP contribution in [0.1, 0.15) is 15.9 Å². The molecule has 80 valence electrons. The Morgan fingerprint density at radius 1 is 1.27 bits per heavy atom. The SMILES string of the molecule is CON=C(OC)c1ccccc1C(=O)Cl. The highest BCUT2D eigenvalue weighted by atomic mass is 35.5. The quantitative estimate of drug-likeness (QED) is 0.344. The summed E-state index contributed by atoms with van der Waals surface area (Å²) in [6.45, 7) is 0. The van der Waals surface area contributed by atoms with Gasteiger partial charge in [-0.25, -0.2) is 0 Å². The average Bonchev–Trinajstić information content (AvgIpc) is 2.26. The van der Waals surface area contributed by atoms with Gasteiger partial charge in [0.25, 0.3) is 11.1 Å². The van der Waals surface area contributed by atoms with E-state index >= 15 is 0 Å². The number of ether oxygens (including phenoxy) is 1. The van der Waals surface area contributed by atoms with E-state index in [1.54, 1.807) is 24.3 Å². The number of hydrogen-bond acceptors (Lipinski definition) is 4. The Labute approximate surface area is 92.4 Å². The summed E-state index contributed by atoms with van der Waals surface area (Å²) in [6.07, 6.45) is 0. The average molecular weight is 228 g/mol. The van der Waals surface area contributed by atoms with E-state index in [2.05, 4.69) is 9.99 Å². The van der Waals surface area contributed by atoms with Gasteiger partial charge in [0.15, 0.2) is 0 Å². The van der Waals surface area contributed by atoms with Crippen LogP contribution in [0.2, 0.25) is 0 Å². The number of rotatable bonds is 3. The van der Waals surface area contributed by atoms with Crippen LogP contribution in [0.3, 0.4) is 0 Å². The van der Waals surface area contributed by atoms with Crippen molar-refractivity contribution in [3.05, 3.63) is 35.4 Å². The minimum Gasteiger partial charge on any atom is -0.478 e. The molecule has 0 saturated heterocycles. The maximum Gasteiger partial charge on any atom is 0.258 e. The van der Waals surface area contributed by atoms with Crippen LogP contribution in [-0.2, 0) is 9.57 Å². The molecular formula is C10H10ClNO3. The first-order valence-corrected chi connectivity index (χ1v) is 4.53. The minimum absolute atomic E-state index is 0.210. The third kappa shape index (κ3) is 2.70. The van der Waals surface area contributed by atoms with Gasteiger partial charge in [0.2, 0.25) is 0 Å². The van der Waals surface area contributed by atoms with E-state index < -0.39 is 5.24 Å². The largest absolute Gasteiger partial charge is 0.478 e. The third-order valence-electron chi connectivity index (χ3n) is 1.74. The number of methoxy groups -OCH3 is 1. The van der Waals surface area contributed by atoms with Crippen molar-refractivity contribution in [1.82, 2.24) is 0 Å². The van der Waals surface area contributed by atoms with Crippen molar-refractivity contribution in [3.8, 4) is 0 Å². The minimum atomic E-state index is -0.563. The van der Waals surface area contributed by atoms with Crippen LogP contribution in [0.15, 0.2) is 29.4 Å². The zero-order valence-electron chi connectivity index (χ0n) is 8.36. The summed E-state index contributed by atoms with van der Waals surface area (Å²) in [7, 11) is 2.83. The van der Waals surface area contributed by atoms with Crippen LogP contribution in [-0.4, -0.2) is 25.4 Å². The second-order valence-electron chi connectivity index (χ2n) is 2.60. The van der Waals surface area contributed by atoms with E-state index in [-0.39, 0.29) is 5.90 Å². The summed E-state index contributed by atoms with van der Waals surface area (Å²) in [4.78, 5) is 15.7. The molecule has 4 nitrogen and oxygen atoms in total. The van der Waals surface area contributed by atoms with Crippen LogP contribution in [0, 0.1) is 0 Å². The van der Waals surface area contributed by atoms with Gasteiger partial charge in [0, 0.05) is 5.56 Å². The smallest absolute Gasteiger partial charge is 0.258 e. The van der Waals surface area contributed by atoms with E-state index in [1.807, 2.05) is 0 Å². The van der Waals surface area contributed by atoms with Crippen molar-refractivity contribution in [3.63, 3.8) is 0 Å². The summed E-state index contributed by atoms with van der Waals surface area (Å²) < 4.78 is 4.98. The standard InChI is InChI=1S/C10H10ClNO3/c1-14-10(12-15-2)8-6-4-3-5-7(8)9(11)13/h3-6H,1-2H3. The number of nitrogens with zero attached hydrogens (tertiary/aromatic N) is 1. The summed E-state index contributed by atoms with van der Waals surface area (Å²) in [6, 6.07) is 6.73. The number of benzene rings is 1. The Bertz CT molecular complexity index is 390. The molecule has 0 radical (unpaired) electrons. The molecule has 1 aromatic rings. The van der Waals surface area contributed by atoms with E-state index in [0.29, 0.717) is 11.1 Å². The highest BCUT2D eigenvalue weighted by molar-refractivity contribution is 6.68. The number of carbonyl (C=O) groups excluding carboxylic acids is 1. The maximum absolute atomic E-state index is 11.1. The van der Waals surface area contributed by atoms with Crippen molar-refractivity contribution in [2.75, 3.05) is 14.2 Å². The lowest BCUT2D eigenvalue weighted by atomic mass is 10.1. The van der Waals surface area contributed by atoms with Gasteiger partial charge in [-0.05, 0) is 28.9 Å². The summed E-state index contributed by atoms with van der Waals surface area (Å²) >= 11 is 5.42. The predicted molar refractivity (Wildman–Crippen MR) is 57.2 cm³/mol. The first-order chi connectivity index (χ1) is 7.20. The summed E-state index contributed by atoms with van der Waals surface area (Å²) in [5.74, 6) is 0.210. The van der Waals surface area contributed by atoms with E-state index in [0.717, 1.165) is 0 Å². The van der Waals surface area contributed by atoms with Crippen LogP contribution >= 0.6 is 11.6 Å². The lowest BCUT2D eigenvalue weighted by Gasteiger charge is -2.06. The zero-order chi connectivity index (χ0) is 11.3. The van der Waals surface area contributed by atoms with Gasteiger partial charge in [-0.15, -0.1) is 0 Å². The van der Waals surface area contributed by atoms with Crippen molar-refractivity contribution < 1.29 is 14.4 Å². The molecule has 0 atom stereocenters. The van der Waals surface area contributed by atoms with Crippen molar-refractivity contribution in [1.29, 1.82) is 0 Å². The zero-order valence-corrected chi connectivity index (χ0v) is 9.12.